The summed E-state index contributed by atoms with van der Waals surface area (Å²) in [6.45, 7) is 9.07. The van der Waals surface area contributed by atoms with Gasteiger partial charge in [-0.05, 0) is 26.2 Å². The van der Waals surface area contributed by atoms with E-state index in [1.54, 1.807) is 13.8 Å². The average Bonchev–Trinajstić information content (AvgIpc) is 2.02. The quantitative estimate of drug-likeness (QED) is 0.760. The highest BCUT2D eigenvalue weighted by molar-refractivity contribution is 5.73. The summed E-state index contributed by atoms with van der Waals surface area (Å²) in [6.07, 6.45) is 0.961. The van der Waals surface area contributed by atoms with Gasteiger partial charge in [-0.15, -0.1) is 0 Å². The van der Waals surface area contributed by atoms with Crippen molar-refractivity contribution >= 4 is 11.9 Å². The third-order valence-corrected chi connectivity index (χ3v) is 2.05. The van der Waals surface area contributed by atoms with E-state index in [-0.39, 0.29) is 12.3 Å². The molecule has 0 heterocycles. The Balaban J connectivity index is 0. The smallest absolute Gasteiger partial charge is 0.309 e. The van der Waals surface area contributed by atoms with Crippen LogP contribution in [0.5, 0.6) is 0 Å². The van der Waals surface area contributed by atoms with E-state index in [2.05, 4.69) is 0 Å². The third kappa shape index (κ3) is 10.9. The minimum atomic E-state index is -0.722. The molecule has 4 nitrogen and oxygen atoms in total. The lowest BCUT2D eigenvalue weighted by Crippen LogP contribution is -2.21. The largest absolute Gasteiger partial charge is 0.481 e. The monoisotopic (exact) mass is 218 g/mol. The molecule has 0 unspecified atom stereocenters. The number of aliphatic carboxylic acids is 2. The fraction of sp³-hybridized carbons (Fsp3) is 0.818. The average molecular weight is 218 g/mol. The summed E-state index contributed by atoms with van der Waals surface area (Å²) in [5.74, 6) is -1.16. The zero-order chi connectivity index (χ0) is 12.6. The summed E-state index contributed by atoms with van der Waals surface area (Å²) in [4.78, 5) is 20.1. The first-order valence-electron chi connectivity index (χ1n) is 5.08. The lowest BCUT2D eigenvalue weighted by molar-refractivity contribution is -0.147. The molecule has 0 saturated carbocycles. The van der Waals surface area contributed by atoms with Crippen LogP contribution in [0.15, 0.2) is 0 Å². The van der Waals surface area contributed by atoms with E-state index in [0.717, 1.165) is 0 Å². The van der Waals surface area contributed by atoms with Gasteiger partial charge in [-0.25, -0.2) is 0 Å². The van der Waals surface area contributed by atoms with E-state index in [1.165, 1.54) is 0 Å². The Morgan fingerprint density at radius 1 is 1.20 bits per heavy atom. The maximum atomic E-state index is 10.3. The number of hydrogen-bond donors (Lipinski definition) is 2. The third-order valence-electron chi connectivity index (χ3n) is 2.05. The summed E-state index contributed by atoms with van der Waals surface area (Å²) >= 11 is 0. The minimum Gasteiger partial charge on any atom is -0.481 e. The first kappa shape index (κ1) is 16.4. The number of carboxylic acid groups (broad SMARTS) is 2. The Labute approximate surface area is 91.3 Å². The molecule has 90 valence electrons. The molecule has 0 aromatic heterocycles. The summed E-state index contributed by atoms with van der Waals surface area (Å²) in [5, 5.41) is 16.5. The Morgan fingerprint density at radius 3 is 1.60 bits per heavy atom. The predicted octanol–water partition coefficient (Wildman–Crippen LogP) is 2.62. The fourth-order valence-electron chi connectivity index (χ4n) is 0.500. The molecule has 0 aromatic rings. The van der Waals surface area contributed by atoms with E-state index >= 15 is 0 Å². The molecule has 15 heavy (non-hydrogen) atoms. The van der Waals surface area contributed by atoms with Gasteiger partial charge in [-0.1, -0.05) is 20.8 Å². The maximum Gasteiger partial charge on any atom is 0.309 e. The second-order valence-electron chi connectivity index (χ2n) is 4.53. The molecule has 0 aromatic carbocycles. The lowest BCUT2D eigenvalue weighted by Gasteiger charge is -2.14. The molecule has 2 N–H and O–H groups in total. The van der Waals surface area contributed by atoms with Crippen LogP contribution in [-0.2, 0) is 9.59 Å². The highest BCUT2D eigenvalue weighted by Gasteiger charge is 2.23. The van der Waals surface area contributed by atoms with Gasteiger partial charge < -0.3 is 10.2 Å². The van der Waals surface area contributed by atoms with Crippen molar-refractivity contribution in [3.05, 3.63) is 0 Å². The van der Waals surface area contributed by atoms with Gasteiger partial charge in [0.2, 0.25) is 0 Å². The highest BCUT2D eigenvalue weighted by atomic mass is 16.4. The second-order valence-corrected chi connectivity index (χ2v) is 4.53. The molecule has 0 atom stereocenters. The SMILES string of the molecule is CC(C)CC(=O)O.CCC(C)(C)C(=O)O. The predicted molar refractivity (Wildman–Crippen MR) is 58.8 cm³/mol. The highest BCUT2D eigenvalue weighted by Crippen LogP contribution is 2.18. The molecule has 0 radical (unpaired) electrons. The van der Waals surface area contributed by atoms with Crippen LogP contribution in [-0.4, -0.2) is 22.2 Å². The Hall–Kier alpha value is -1.06. The molecule has 0 fully saturated rings. The van der Waals surface area contributed by atoms with Gasteiger partial charge in [-0.3, -0.25) is 9.59 Å². The van der Waals surface area contributed by atoms with E-state index in [1.807, 2.05) is 20.8 Å². The fourth-order valence-corrected chi connectivity index (χ4v) is 0.500. The van der Waals surface area contributed by atoms with Crippen LogP contribution in [0.2, 0.25) is 0 Å². The number of carbonyl (C=O) groups is 2. The molecule has 0 saturated heterocycles. The Kier molecular flexibility index (Phi) is 7.92. The van der Waals surface area contributed by atoms with Crippen molar-refractivity contribution < 1.29 is 19.8 Å². The molecule has 0 aliphatic heterocycles. The van der Waals surface area contributed by atoms with E-state index in [0.29, 0.717) is 6.42 Å². The van der Waals surface area contributed by atoms with Crippen LogP contribution in [0.1, 0.15) is 47.5 Å². The van der Waals surface area contributed by atoms with Crippen LogP contribution < -0.4 is 0 Å². The summed E-state index contributed by atoms with van der Waals surface area (Å²) < 4.78 is 0. The van der Waals surface area contributed by atoms with E-state index < -0.39 is 17.4 Å². The first-order valence-corrected chi connectivity index (χ1v) is 5.08. The summed E-state index contributed by atoms with van der Waals surface area (Å²) in [5.41, 5.74) is -0.542. The van der Waals surface area contributed by atoms with Crippen LogP contribution in [0.3, 0.4) is 0 Å². The maximum absolute atomic E-state index is 10.3. The van der Waals surface area contributed by atoms with Crippen molar-refractivity contribution in [3.63, 3.8) is 0 Å². The molecule has 0 amide bonds. The number of carboxylic acids is 2. The first-order chi connectivity index (χ1) is 6.63. The summed E-state index contributed by atoms with van der Waals surface area (Å²) in [6, 6.07) is 0. The topological polar surface area (TPSA) is 74.6 Å². The second kappa shape index (κ2) is 7.26. The van der Waals surface area contributed by atoms with Gasteiger partial charge in [-0.2, -0.15) is 0 Å². The van der Waals surface area contributed by atoms with Crippen LogP contribution in [0.4, 0.5) is 0 Å². The molecular formula is C11H22O4. The Bertz CT molecular complexity index is 207. The normalized spacial score (nSPS) is 10.5. The minimum absolute atomic E-state index is 0.275. The molecule has 0 bridgehead atoms. The lowest BCUT2D eigenvalue weighted by atomic mass is 9.91. The van der Waals surface area contributed by atoms with Gasteiger partial charge in [0.05, 0.1) is 5.41 Å². The van der Waals surface area contributed by atoms with Crippen LogP contribution in [0.25, 0.3) is 0 Å². The van der Waals surface area contributed by atoms with Crippen molar-refractivity contribution in [1.82, 2.24) is 0 Å². The zero-order valence-corrected chi connectivity index (χ0v) is 10.2. The van der Waals surface area contributed by atoms with Crippen molar-refractivity contribution in [2.45, 2.75) is 47.5 Å². The molecule has 0 aliphatic rings. The Morgan fingerprint density at radius 2 is 1.60 bits per heavy atom. The molecule has 0 aliphatic carbocycles. The van der Waals surface area contributed by atoms with Crippen molar-refractivity contribution in [1.29, 1.82) is 0 Å². The molecule has 4 heteroatoms. The van der Waals surface area contributed by atoms with Gasteiger partial charge >= 0.3 is 11.9 Å². The van der Waals surface area contributed by atoms with Gasteiger partial charge in [0.1, 0.15) is 0 Å². The van der Waals surface area contributed by atoms with Gasteiger partial charge in [0.15, 0.2) is 0 Å². The number of hydrogen-bond acceptors (Lipinski definition) is 2. The van der Waals surface area contributed by atoms with Crippen molar-refractivity contribution in [3.8, 4) is 0 Å². The molecular weight excluding hydrogens is 196 g/mol. The van der Waals surface area contributed by atoms with E-state index in [4.69, 9.17) is 10.2 Å². The van der Waals surface area contributed by atoms with Crippen molar-refractivity contribution in [2.24, 2.45) is 11.3 Å². The molecule has 0 spiro atoms. The standard InChI is InChI=1S/C6H12O2.C5H10O2/c1-4-6(2,3)5(7)8;1-4(2)3-5(6)7/h4H2,1-3H3,(H,7,8);4H,3H2,1-2H3,(H,6,7). The van der Waals surface area contributed by atoms with E-state index in [9.17, 15) is 9.59 Å². The van der Waals surface area contributed by atoms with Crippen LogP contribution >= 0.6 is 0 Å². The number of rotatable bonds is 4. The van der Waals surface area contributed by atoms with Crippen molar-refractivity contribution in [2.75, 3.05) is 0 Å². The van der Waals surface area contributed by atoms with Crippen LogP contribution in [0, 0.1) is 11.3 Å². The molecule has 0 rings (SSSR count). The van der Waals surface area contributed by atoms with Gasteiger partial charge in [0.25, 0.3) is 0 Å². The summed E-state index contributed by atoms with van der Waals surface area (Å²) in [7, 11) is 0. The van der Waals surface area contributed by atoms with Gasteiger partial charge in [0, 0.05) is 6.42 Å². The zero-order valence-electron chi connectivity index (χ0n) is 10.2.